The average Bonchev–Trinajstić information content (AvgIpc) is 2.83. The Morgan fingerprint density at radius 2 is 1.33 bits per heavy atom. The SMILES string of the molecule is C[C@](C(=O)O)(c1ccc(N)cc1)N(CCN(CC(=O)O)Cc1ccccc1O)Cc1ccccc1O. The Morgan fingerprint density at radius 3 is 1.83 bits per heavy atom. The molecule has 0 spiro atoms. The molecule has 0 saturated heterocycles. The van der Waals surface area contributed by atoms with E-state index in [9.17, 15) is 30.0 Å². The molecular weight excluding hydrogens is 462 g/mol. The lowest BCUT2D eigenvalue weighted by molar-refractivity contribution is -0.152. The van der Waals surface area contributed by atoms with Crippen LogP contribution in [0.2, 0.25) is 0 Å². The van der Waals surface area contributed by atoms with Crippen LogP contribution in [0, 0.1) is 0 Å². The van der Waals surface area contributed by atoms with E-state index in [0.717, 1.165) is 0 Å². The zero-order chi connectivity index (χ0) is 26.3. The van der Waals surface area contributed by atoms with Crippen LogP contribution in [-0.2, 0) is 28.2 Å². The molecule has 9 heteroatoms. The van der Waals surface area contributed by atoms with E-state index >= 15 is 0 Å². The molecule has 0 heterocycles. The average molecular weight is 494 g/mol. The molecule has 3 aromatic rings. The summed E-state index contributed by atoms with van der Waals surface area (Å²) in [5, 5.41) is 40.4. The van der Waals surface area contributed by atoms with Crippen LogP contribution in [0.5, 0.6) is 11.5 Å². The minimum atomic E-state index is -1.51. The van der Waals surface area contributed by atoms with E-state index in [2.05, 4.69) is 0 Å². The van der Waals surface area contributed by atoms with Gasteiger partial charge < -0.3 is 26.2 Å². The molecule has 0 aliphatic rings. The third kappa shape index (κ3) is 6.32. The van der Waals surface area contributed by atoms with Crippen molar-refractivity contribution in [3.05, 3.63) is 89.5 Å². The molecule has 3 rings (SSSR count). The number of hydrogen-bond acceptors (Lipinski definition) is 7. The number of anilines is 1. The van der Waals surface area contributed by atoms with Crippen molar-refractivity contribution in [3.8, 4) is 11.5 Å². The van der Waals surface area contributed by atoms with Crippen LogP contribution >= 0.6 is 0 Å². The first-order chi connectivity index (χ1) is 17.1. The third-order valence-electron chi connectivity index (χ3n) is 6.31. The number of carboxylic acid groups (broad SMARTS) is 2. The number of carbonyl (C=O) groups is 2. The van der Waals surface area contributed by atoms with Crippen molar-refractivity contribution in [2.45, 2.75) is 25.6 Å². The number of aliphatic carboxylic acids is 2. The number of phenolic OH excluding ortho intramolecular Hbond substituents is 2. The number of rotatable bonds is 12. The summed E-state index contributed by atoms with van der Waals surface area (Å²) < 4.78 is 0. The van der Waals surface area contributed by atoms with E-state index < -0.39 is 17.5 Å². The van der Waals surface area contributed by atoms with Crippen LogP contribution in [0.15, 0.2) is 72.8 Å². The zero-order valence-corrected chi connectivity index (χ0v) is 20.0. The second-order valence-electron chi connectivity index (χ2n) is 8.78. The highest BCUT2D eigenvalue weighted by molar-refractivity contribution is 5.80. The van der Waals surface area contributed by atoms with Crippen LogP contribution in [0.4, 0.5) is 5.69 Å². The summed E-state index contributed by atoms with van der Waals surface area (Å²) in [4.78, 5) is 27.6. The van der Waals surface area contributed by atoms with Gasteiger partial charge in [-0.05, 0) is 36.8 Å². The van der Waals surface area contributed by atoms with Crippen molar-refractivity contribution >= 4 is 17.6 Å². The van der Waals surface area contributed by atoms with Crippen molar-refractivity contribution in [1.82, 2.24) is 9.80 Å². The van der Waals surface area contributed by atoms with Crippen molar-refractivity contribution in [1.29, 1.82) is 0 Å². The monoisotopic (exact) mass is 493 g/mol. The first-order valence-electron chi connectivity index (χ1n) is 11.4. The number of carboxylic acids is 2. The molecule has 0 aliphatic carbocycles. The van der Waals surface area contributed by atoms with Crippen LogP contribution in [0.1, 0.15) is 23.6 Å². The van der Waals surface area contributed by atoms with Gasteiger partial charge in [0, 0.05) is 43.0 Å². The zero-order valence-electron chi connectivity index (χ0n) is 20.0. The predicted octanol–water partition coefficient (Wildman–Crippen LogP) is 3.07. The highest BCUT2D eigenvalue weighted by Crippen LogP contribution is 2.32. The molecule has 0 aromatic heterocycles. The van der Waals surface area contributed by atoms with Gasteiger partial charge in [-0.25, -0.2) is 4.79 Å². The fourth-order valence-electron chi connectivity index (χ4n) is 4.11. The number of phenols is 2. The summed E-state index contributed by atoms with van der Waals surface area (Å²) in [6, 6.07) is 19.9. The standard InChI is InChI=1S/C27H31N3O6/c1-27(26(35)36,21-10-12-22(28)13-11-21)30(17-20-7-3-5-9-24(20)32)15-14-29(18-25(33)34)16-19-6-2-4-8-23(19)31/h2-13,31-32H,14-18,28H2,1H3,(H,33,34)(H,35,36)/t27-/m1/s1. The van der Waals surface area contributed by atoms with E-state index in [1.807, 2.05) is 0 Å². The van der Waals surface area contributed by atoms with Crippen molar-refractivity contribution in [3.63, 3.8) is 0 Å². The molecule has 0 unspecified atom stereocenters. The Balaban J connectivity index is 1.96. The Morgan fingerprint density at radius 1 is 0.806 bits per heavy atom. The number of hydrogen-bond donors (Lipinski definition) is 5. The number of nitrogen functional groups attached to an aromatic ring is 1. The fourth-order valence-corrected chi connectivity index (χ4v) is 4.11. The Kier molecular flexibility index (Phi) is 8.52. The maximum absolute atomic E-state index is 12.7. The molecule has 0 bridgehead atoms. The van der Waals surface area contributed by atoms with Crippen LogP contribution in [0.3, 0.4) is 0 Å². The van der Waals surface area contributed by atoms with Gasteiger partial charge in [0.1, 0.15) is 17.0 Å². The second kappa shape index (κ2) is 11.6. The van der Waals surface area contributed by atoms with Gasteiger partial charge >= 0.3 is 11.9 Å². The lowest BCUT2D eigenvalue weighted by Gasteiger charge is -2.39. The molecule has 0 saturated carbocycles. The second-order valence-corrected chi connectivity index (χ2v) is 8.78. The first kappa shape index (κ1) is 26.5. The minimum Gasteiger partial charge on any atom is -0.508 e. The summed E-state index contributed by atoms with van der Waals surface area (Å²) in [5.74, 6) is -2.06. The van der Waals surface area contributed by atoms with Gasteiger partial charge in [0.15, 0.2) is 0 Å². The summed E-state index contributed by atoms with van der Waals surface area (Å²) >= 11 is 0. The fraction of sp³-hybridized carbons (Fsp3) is 0.259. The first-order valence-corrected chi connectivity index (χ1v) is 11.4. The molecular formula is C27H31N3O6. The smallest absolute Gasteiger partial charge is 0.328 e. The Labute approximate surface area is 209 Å². The molecule has 1 atom stereocenters. The molecule has 0 fully saturated rings. The number of benzene rings is 3. The van der Waals surface area contributed by atoms with Gasteiger partial charge in [0.2, 0.25) is 0 Å². The lowest BCUT2D eigenvalue weighted by atomic mass is 9.89. The van der Waals surface area contributed by atoms with E-state index in [1.165, 1.54) is 12.1 Å². The Bertz CT molecular complexity index is 1200. The van der Waals surface area contributed by atoms with Crippen molar-refractivity contribution < 1.29 is 30.0 Å². The van der Waals surface area contributed by atoms with Gasteiger partial charge in [-0.3, -0.25) is 14.6 Å². The summed E-state index contributed by atoms with van der Waals surface area (Å²) in [5.41, 5.74) is 6.38. The molecule has 36 heavy (non-hydrogen) atoms. The molecule has 190 valence electrons. The lowest BCUT2D eigenvalue weighted by Crippen LogP contribution is -2.52. The summed E-state index contributed by atoms with van der Waals surface area (Å²) in [7, 11) is 0. The maximum Gasteiger partial charge on any atom is 0.328 e. The highest BCUT2D eigenvalue weighted by atomic mass is 16.4. The quantitative estimate of drug-likeness (QED) is 0.240. The number of nitrogens with two attached hydrogens (primary N) is 1. The molecule has 0 aliphatic heterocycles. The molecule has 6 N–H and O–H groups in total. The summed E-state index contributed by atoms with van der Waals surface area (Å²) in [6.07, 6.45) is 0. The van der Waals surface area contributed by atoms with Gasteiger partial charge in [0.25, 0.3) is 0 Å². The Hall–Kier alpha value is -4.08. The number of aromatic hydroxyl groups is 2. The van der Waals surface area contributed by atoms with E-state index in [0.29, 0.717) is 22.4 Å². The molecule has 9 nitrogen and oxygen atoms in total. The number of para-hydroxylation sites is 2. The van der Waals surface area contributed by atoms with E-state index in [-0.39, 0.29) is 44.2 Å². The van der Waals surface area contributed by atoms with Crippen LogP contribution in [-0.4, -0.2) is 61.8 Å². The third-order valence-corrected chi connectivity index (χ3v) is 6.31. The topological polar surface area (TPSA) is 148 Å². The number of nitrogens with zero attached hydrogens (tertiary/aromatic N) is 2. The van der Waals surface area contributed by atoms with Gasteiger partial charge in [-0.15, -0.1) is 0 Å². The predicted molar refractivity (Wildman–Crippen MR) is 135 cm³/mol. The van der Waals surface area contributed by atoms with Gasteiger partial charge in [-0.1, -0.05) is 48.5 Å². The maximum atomic E-state index is 12.7. The van der Waals surface area contributed by atoms with Crippen LogP contribution < -0.4 is 5.73 Å². The van der Waals surface area contributed by atoms with Crippen LogP contribution in [0.25, 0.3) is 0 Å². The largest absolute Gasteiger partial charge is 0.508 e. The van der Waals surface area contributed by atoms with E-state index in [1.54, 1.807) is 77.4 Å². The normalized spacial score (nSPS) is 13.0. The van der Waals surface area contributed by atoms with E-state index in [4.69, 9.17) is 5.73 Å². The highest BCUT2D eigenvalue weighted by Gasteiger charge is 2.41. The van der Waals surface area contributed by atoms with Gasteiger partial charge in [0.05, 0.1) is 6.54 Å². The molecule has 0 radical (unpaired) electrons. The van der Waals surface area contributed by atoms with Gasteiger partial charge in [-0.2, -0.15) is 0 Å². The molecule has 3 aromatic carbocycles. The minimum absolute atomic E-state index is 0.0316. The van der Waals surface area contributed by atoms with Crippen molar-refractivity contribution in [2.75, 3.05) is 25.4 Å². The molecule has 0 amide bonds. The summed E-state index contributed by atoms with van der Waals surface area (Å²) in [6.45, 7) is 1.87. The van der Waals surface area contributed by atoms with Crippen molar-refractivity contribution in [2.24, 2.45) is 0 Å².